The Labute approximate surface area is 120 Å². The van der Waals surface area contributed by atoms with Crippen LogP contribution in [0.1, 0.15) is 31.2 Å². The summed E-state index contributed by atoms with van der Waals surface area (Å²) in [5, 5.41) is 0.727. The molecule has 1 heterocycles. The molecule has 2 amide bonds. The normalized spacial score (nSPS) is 16.0. The zero-order valence-electron chi connectivity index (χ0n) is 11.4. The Morgan fingerprint density at radius 2 is 1.74 bits per heavy atom. The third-order valence-electron chi connectivity index (χ3n) is 3.54. The minimum atomic E-state index is 0.136. The first-order valence-electron chi connectivity index (χ1n) is 6.91. The van der Waals surface area contributed by atoms with Crippen LogP contribution in [0.15, 0.2) is 24.3 Å². The summed E-state index contributed by atoms with van der Waals surface area (Å²) >= 11 is 5.86. The number of halogens is 1. The van der Waals surface area contributed by atoms with Crippen LogP contribution in [-0.2, 0) is 6.54 Å². The summed E-state index contributed by atoms with van der Waals surface area (Å²) in [4.78, 5) is 16.1. The van der Waals surface area contributed by atoms with E-state index in [4.69, 9.17) is 11.6 Å². The third kappa shape index (κ3) is 4.13. The molecule has 19 heavy (non-hydrogen) atoms. The molecule has 0 spiro atoms. The summed E-state index contributed by atoms with van der Waals surface area (Å²) in [6.45, 7) is 2.42. The van der Waals surface area contributed by atoms with Crippen LogP contribution in [0.3, 0.4) is 0 Å². The van der Waals surface area contributed by atoms with E-state index < -0.39 is 0 Å². The van der Waals surface area contributed by atoms with Crippen molar-refractivity contribution in [3.8, 4) is 0 Å². The fourth-order valence-corrected chi connectivity index (χ4v) is 2.56. The fourth-order valence-electron chi connectivity index (χ4n) is 2.43. The monoisotopic (exact) mass is 280 g/mol. The molecule has 0 bridgehead atoms. The molecule has 0 aromatic heterocycles. The first kappa shape index (κ1) is 14.2. The smallest absolute Gasteiger partial charge is 0.320 e. The molecule has 1 aliphatic heterocycles. The Balaban J connectivity index is 1.92. The van der Waals surface area contributed by atoms with Gasteiger partial charge in [-0.15, -0.1) is 0 Å². The van der Waals surface area contributed by atoms with E-state index in [0.717, 1.165) is 36.5 Å². The van der Waals surface area contributed by atoms with Gasteiger partial charge in [0.15, 0.2) is 0 Å². The molecule has 1 fully saturated rings. The maximum Gasteiger partial charge on any atom is 0.320 e. The molecule has 0 saturated carbocycles. The molecule has 104 valence electrons. The summed E-state index contributed by atoms with van der Waals surface area (Å²) in [6.07, 6.45) is 4.73. The van der Waals surface area contributed by atoms with Crippen LogP contribution in [0.25, 0.3) is 0 Å². The van der Waals surface area contributed by atoms with E-state index in [0.29, 0.717) is 6.54 Å². The molecule has 2 rings (SSSR count). The first-order valence-corrected chi connectivity index (χ1v) is 7.29. The lowest BCUT2D eigenvalue weighted by Crippen LogP contribution is -2.41. The van der Waals surface area contributed by atoms with Crippen molar-refractivity contribution >= 4 is 17.6 Å². The van der Waals surface area contributed by atoms with Gasteiger partial charge >= 0.3 is 6.03 Å². The predicted octanol–water partition coefficient (Wildman–Crippen LogP) is 3.77. The number of hydrogen-bond acceptors (Lipinski definition) is 1. The molecule has 0 aliphatic carbocycles. The number of rotatable bonds is 2. The van der Waals surface area contributed by atoms with Gasteiger partial charge in [0, 0.05) is 31.7 Å². The average molecular weight is 281 g/mol. The van der Waals surface area contributed by atoms with Gasteiger partial charge in [-0.05, 0) is 30.5 Å². The lowest BCUT2D eigenvalue weighted by Gasteiger charge is -2.27. The molecule has 1 aromatic carbocycles. The van der Waals surface area contributed by atoms with Crippen LogP contribution in [-0.4, -0.2) is 36.0 Å². The van der Waals surface area contributed by atoms with Gasteiger partial charge in [-0.1, -0.05) is 36.6 Å². The maximum atomic E-state index is 12.3. The number of amides is 2. The molecule has 0 radical (unpaired) electrons. The average Bonchev–Trinajstić information content (AvgIpc) is 2.69. The van der Waals surface area contributed by atoms with E-state index in [-0.39, 0.29) is 6.03 Å². The molecule has 1 aliphatic rings. The number of nitrogens with zero attached hydrogens (tertiary/aromatic N) is 2. The van der Waals surface area contributed by atoms with E-state index in [1.54, 1.807) is 4.90 Å². The molecule has 4 heteroatoms. The number of urea groups is 1. The first-order chi connectivity index (χ1) is 9.16. The molecule has 0 N–H and O–H groups in total. The minimum absolute atomic E-state index is 0.136. The quantitative estimate of drug-likeness (QED) is 0.809. The number of carbonyl (C=O) groups excluding carboxylic acids is 1. The summed E-state index contributed by atoms with van der Waals surface area (Å²) in [5.41, 5.74) is 1.11. The molecule has 1 aromatic rings. The van der Waals surface area contributed by atoms with Crippen molar-refractivity contribution in [2.45, 2.75) is 32.2 Å². The molecule has 3 nitrogen and oxygen atoms in total. The van der Waals surface area contributed by atoms with Gasteiger partial charge < -0.3 is 9.80 Å². The van der Waals surface area contributed by atoms with Crippen molar-refractivity contribution < 1.29 is 4.79 Å². The van der Waals surface area contributed by atoms with Gasteiger partial charge in [-0.3, -0.25) is 0 Å². The van der Waals surface area contributed by atoms with Crippen molar-refractivity contribution in [3.63, 3.8) is 0 Å². The van der Waals surface area contributed by atoms with Gasteiger partial charge in [-0.2, -0.15) is 0 Å². The summed E-state index contributed by atoms with van der Waals surface area (Å²) < 4.78 is 0. The van der Waals surface area contributed by atoms with Crippen LogP contribution >= 0.6 is 11.6 Å². The van der Waals surface area contributed by atoms with Gasteiger partial charge in [-0.25, -0.2) is 4.79 Å². The van der Waals surface area contributed by atoms with Crippen LogP contribution in [0.5, 0.6) is 0 Å². The second kappa shape index (κ2) is 6.80. The van der Waals surface area contributed by atoms with Crippen molar-refractivity contribution in [2.24, 2.45) is 0 Å². The highest BCUT2D eigenvalue weighted by Crippen LogP contribution is 2.14. The van der Waals surface area contributed by atoms with E-state index in [9.17, 15) is 4.79 Å². The van der Waals surface area contributed by atoms with E-state index in [1.807, 2.05) is 36.2 Å². The van der Waals surface area contributed by atoms with Crippen LogP contribution in [0, 0.1) is 0 Å². The lowest BCUT2D eigenvalue weighted by atomic mass is 10.2. The molecular weight excluding hydrogens is 260 g/mol. The largest absolute Gasteiger partial charge is 0.325 e. The molecule has 0 atom stereocenters. The van der Waals surface area contributed by atoms with E-state index in [2.05, 4.69) is 0 Å². The number of carbonyl (C=O) groups is 1. The predicted molar refractivity (Wildman–Crippen MR) is 78.4 cm³/mol. The standard InChI is InChI=1S/C15H21ClN2O/c1-17(12-13-6-8-14(16)9-7-13)15(19)18-10-4-2-3-5-11-18/h6-9H,2-5,10-12H2,1H3. The van der Waals surface area contributed by atoms with E-state index in [1.165, 1.54) is 12.8 Å². The van der Waals surface area contributed by atoms with Crippen molar-refractivity contribution in [2.75, 3.05) is 20.1 Å². The zero-order valence-corrected chi connectivity index (χ0v) is 12.2. The molecule has 0 unspecified atom stereocenters. The highest BCUT2D eigenvalue weighted by molar-refractivity contribution is 6.30. The van der Waals surface area contributed by atoms with Gasteiger partial charge in [0.1, 0.15) is 0 Å². The summed E-state index contributed by atoms with van der Waals surface area (Å²) in [7, 11) is 1.86. The van der Waals surface area contributed by atoms with Gasteiger partial charge in [0.25, 0.3) is 0 Å². The minimum Gasteiger partial charge on any atom is -0.325 e. The van der Waals surface area contributed by atoms with Crippen LogP contribution < -0.4 is 0 Å². The van der Waals surface area contributed by atoms with E-state index >= 15 is 0 Å². The third-order valence-corrected chi connectivity index (χ3v) is 3.79. The summed E-state index contributed by atoms with van der Waals surface area (Å²) in [6, 6.07) is 7.79. The maximum absolute atomic E-state index is 12.3. The second-order valence-corrected chi connectivity index (χ2v) is 5.60. The lowest BCUT2D eigenvalue weighted by molar-refractivity contribution is 0.162. The SMILES string of the molecule is CN(Cc1ccc(Cl)cc1)C(=O)N1CCCCCC1. The highest BCUT2D eigenvalue weighted by atomic mass is 35.5. The Kier molecular flexibility index (Phi) is 5.08. The van der Waals surface area contributed by atoms with Crippen LogP contribution in [0.2, 0.25) is 5.02 Å². The second-order valence-electron chi connectivity index (χ2n) is 5.17. The highest BCUT2D eigenvalue weighted by Gasteiger charge is 2.19. The Morgan fingerprint density at radius 3 is 2.32 bits per heavy atom. The Hall–Kier alpha value is -1.22. The Morgan fingerprint density at radius 1 is 1.16 bits per heavy atom. The number of hydrogen-bond donors (Lipinski definition) is 0. The van der Waals surface area contributed by atoms with Crippen LogP contribution in [0.4, 0.5) is 4.79 Å². The Bertz CT molecular complexity index is 411. The molecule has 1 saturated heterocycles. The van der Waals surface area contributed by atoms with Crippen molar-refractivity contribution in [1.82, 2.24) is 9.80 Å². The number of benzene rings is 1. The molecular formula is C15H21ClN2O. The van der Waals surface area contributed by atoms with Gasteiger partial charge in [0.05, 0.1) is 0 Å². The topological polar surface area (TPSA) is 23.6 Å². The zero-order chi connectivity index (χ0) is 13.7. The fraction of sp³-hybridized carbons (Fsp3) is 0.533. The summed E-state index contributed by atoms with van der Waals surface area (Å²) in [5.74, 6) is 0. The van der Waals surface area contributed by atoms with Gasteiger partial charge in [0.2, 0.25) is 0 Å². The van der Waals surface area contributed by atoms with Crippen molar-refractivity contribution in [1.29, 1.82) is 0 Å². The number of likely N-dealkylation sites (tertiary alicyclic amines) is 1. The van der Waals surface area contributed by atoms with Crippen molar-refractivity contribution in [3.05, 3.63) is 34.9 Å².